The van der Waals surface area contributed by atoms with Gasteiger partial charge in [-0.15, -0.1) is 0 Å². The minimum Gasteiger partial charge on any atom is -0.389 e. The molecule has 1 saturated carbocycles. The van der Waals surface area contributed by atoms with Crippen molar-refractivity contribution in [1.29, 1.82) is 0 Å². The van der Waals surface area contributed by atoms with E-state index < -0.39 is 5.60 Å². The Morgan fingerprint density at radius 1 is 1.32 bits per heavy atom. The van der Waals surface area contributed by atoms with E-state index in [1.807, 2.05) is 4.90 Å². The third-order valence-corrected chi connectivity index (χ3v) is 5.31. The number of hydrogen-bond donors (Lipinski definition) is 1. The van der Waals surface area contributed by atoms with Crippen molar-refractivity contribution in [2.75, 3.05) is 13.1 Å². The van der Waals surface area contributed by atoms with Crippen LogP contribution in [-0.4, -0.2) is 34.6 Å². The smallest absolute Gasteiger partial charge is 0.225 e. The van der Waals surface area contributed by atoms with Crippen molar-refractivity contribution in [2.45, 2.75) is 70.8 Å². The average molecular weight is 267 g/mol. The molecule has 1 heterocycles. The molecule has 3 heteroatoms. The van der Waals surface area contributed by atoms with E-state index in [0.717, 1.165) is 51.1 Å². The SMILES string of the molecule is CCC(CC)C1CCN(C(=O)CC2(O)CCCC2)C1. The molecule has 0 radical (unpaired) electrons. The van der Waals surface area contributed by atoms with Crippen LogP contribution in [0.4, 0.5) is 0 Å². The molecule has 1 N–H and O–H groups in total. The summed E-state index contributed by atoms with van der Waals surface area (Å²) in [7, 11) is 0. The number of likely N-dealkylation sites (tertiary alicyclic amines) is 1. The molecule has 1 atom stereocenters. The number of nitrogens with zero attached hydrogens (tertiary/aromatic N) is 1. The van der Waals surface area contributed by atoms with Crippen LogP contribution in [0.3, 0.4) is 0 Å². The van der Waals surface area contributed by atoms with Gasteiger partial charge in [0.15, 0.2) is 0 Å². The molecule has 0 aromatic carbocycles. The molecule has 110 valence electrons. The Morgan fingerprint density at radius 3 is 2.53 bits per heavy atom. The third kappa shape index (κ3) is 3.50. The van der Waals surface area contributed by atoms with Crippen LogP contribution < -0.4 is 0 Å². The fraction of sp³-hybridized carbons (Fsp3) is 0.938. The largest absolute Gasteiger partial charge is 0.389 e. The number of rotatable bonds is 5. The Balaban J connectivity index is 1.84. The lowest BCUT2D eigenvalue weighted by molar-refractivity contribution is -0.135. The predicted octanol–water partition coefficient (Wildman–Crippen LogP) is 2.97. The van der Waals surface area contributed by atoms with Gasteiger partial charge in [-0.25, -0.2) is 0 Å². The Hall–Kier alpha value is -0.570. The van der Waals surface area contributed by atoms with E-state index in [-0.39, 0.29) is 5.91 Å². The van der Waals surface area contributed by atoms with Gasteiger partial charge < -0.3 is 10.0 Å². The Kier molecular flexibility index (Phi) is 4.88. The van der Waals surface area contributed by atoms with E-state index in [9.17, 15) is 9.90 Å². The van der Waals surface area contributed by atoms with E-state index in [4.69, 9.17) is 0 Å². The quantitative estimate of drug-likeness (QED) is 0.832. The highest BCUT2D eigenvalue weighted by Crippen LogP contribution is 2.34. The molecule has 1 aliphatic heterocycles. The van der Waals surface area contributed by atoms with Crippen molar-refractivity contribution >= 4 is 5.91 Å². The maximum atomic E-state index is 12.3. The number of hydrogen-bond acceptors (Lipinski definition) is 2. The molecule has 0 aromatic rings. The van der Waals surface area contributed by atoms with Crippen molar-refractivity contribution in [3.63, 3.8) is 0 Å². The van der Waals surface area contributed by atoms with Crippen molar-refractivity contribution < 1.29 is 9.90 Å². The molecule has 1 aliphatic carbocycles. The molecular weight excluding hydrogens is 238 g/mol. The fourth-order valence-electron chi connectivity index (χ4n) is 3.96. The first kappa shape index (κ1) is 14.8. The summed E-state index contributed by atoms with van der Waals surface area (Å²) in [5.74, 6) is 1.61. The molecule has 1 amide bonds. The standard InChI is InChI=1S/C16H29NO2/c1-3-13(4-2)14-7-10-17(12-14)15(18)11-16(19)8-5-6-9-16/h13-14,19H,3-12H2,1-2H3. The summed E-state index contributed by atoms with van der Waals surface area (Å²) in [4.78, 5) is 14.3. The van der Waals surface area contributed by atoms with E-state index >= 15 is 0 Å². The van der Waals surface area contributed by atoms with E-state index in [0.29, 0.717) is 12.3 Å². The lowest BCUT2D eigenvalue weighted by Crippen LogP contribution is -2.37. The Labute approximate surface area is 117 Å². The van der Waals surface area contributed by atoms with Crippen molar-refractivity contribution in [1.82, 2.24) is 4.90 Å². The van der Waals surface area contributed by atoms with Gasteiger partial charge in [-0.05, 0) is 31.1 Å². The van der Waals surface area contributed by atoms with Gasteiger partial charge in [0.2, 0.25) is 5.91 Å². The summed E-state index contributed by atoms with van der Waals surface area (Å²) >= 11 is 0. The minimum absolute atomic E-state index is 0.179. The zero-order valence-corrected chi connectivity index (χ0v) is 12.5. The van der Waals surface area contributed by atoms with Crippen LogP contribution >= 0.6 is 0 Å². The Morgan fingerprint density at radius 2 is 1.95 bits per heavy atom. The van der Waals surface area contributed by atoms with Crippen LogP contribution in [0.1, 0.15) is 65.2 Å². The van der Waals surface area contributed by atoms with Gasteiger partial charge in [0.25, 0.3) is 0 Å². The monoisotopic (exact) mass is 267 g/mol. The number of carbonyl (C=O) groups excluding carboxylic acids is 1. The number of aliphatic hydroxyl groups is 1. The van der Waals surface area contributed by atoms with E-state index in [1.165, 1.54) is 12.8 Å². The zero-order chi connectivity index (χ0) is 13.9. The molecule has 19 heavy (non-hydrogen) atoms. The molecular formula is C16H29NO2. The second-order valence-corrected chi connectivity index (χ2v) is 6.57. The Bertz CT molecular complexity index is 306. The third-order valence-electron chi connectivity index (χ3n) is 5.31. The molecule has 1 unspecified atom stereocenters. The van der Waals surface area contributed by atoms with E-state index in [2.05, 4.69) is 13.8 Å². The van der Waals surface area contributed by atoms with Gasteiger partial charge in [-0.2, -0.15) is 0 Å². The molecule has 0 spiro atoms. The van der Waals surface area contributed by atoms with Gasteiger partial charge >= 0.3 is 0 Å². The van der Waals surface area contributed by atoms with Crippen LogP contribution in [0, 0.1) is 11.8 Å². The summed E-state index contributed by atoms with van der Waals surface area (Å²) in [6, 6.07) is 0. The number of amides is 1. The average Bonchev–Trinajstić information content (AvgIpc) is 3.00. The summed E-state index contributed by atoms with van der Waals surface area (Å²) in [6.45, 7) is 6.32. The maximum absolute atomic E-state index is 12.3. The van der Waals surface area contributed by atoms with Crippen LogP contribution in [-0.2, 0) is 4.79 Å². The lowest BCUT2D eigenvalue weighted by Gasteiger charge is -2.26. The summed E-state index contributed by atoms with van der Waals surface area (Å²) in [5.41, 5.74) is -0.690. The summed E-state index contributed by atoms with van der Waals surface area (Å²) in [5, 5.41) is 10.3. The normalized spacial score (nSPS) is 26.3. The van der Waals surface area contributed by atoms with Gasteiger partial charge in [-0.1, -0.05) is 39.5 Å². The second-order valence-electron chi connectivity index (χ2n) is 6.57. The van der Waals surface area contributed by atoms with Crippen LogP contribution in [0.15, 0.2) is 0 Å². The van der Waals surface area contributed by atoms with Crippen molar-refractivity contribution in [3.05, 3.63) is 0 Å². The molecule has 2 fully saturated rings. The van der Waals surface area contributed by atoms with Gasteiger partial charge in [-0.3, -0.25) is 4.79 Å². The van der Waals surface area contributed by atoms with Crippen molar-refractivity contribution in [2.24, 2.45) is 11.8 Å². The number of carbonyl (C=O) groups is 1. The maximum Gasteiger partial charge on any atom is 0.225 e. The highest BCUT2D eigenvalue weighted by molar-refractivity contribution is 5.77. The lowest BCUT2D eigenvalue weighted by atomic mass is 9.87. The van der Waals surface area contributed by atoms with Gasteiger partial charge in [0, 0.05) is 13.1 Å². The van der Waals surface area contributed by atoms with E-state index in [1.54, 1.807) is 0 Å². The van der Waals surface area contributed by atoms with Gasteiger partial charge in [0.05, 0.1) is 12.0 Å². The summed E-state index contributed by atoms with van der Waals surface area (Å²) < 4.78 is 0. The highest BCUT2D eigenvalue weighted by Gasteiger charge is 2.37. The fourth-order valence-corrected chi connectivity index (χ4v) is 3.96. The topological polar surface area (TPSA) is 40.5 Å². The van der Waals surface area contributed by atoms with Crippen LogP contribution in [0.5, 0.6) is 0 Å². The first-order valence-corrected chi connectivity index (χ1v) is 8.08. The molecule has 0 aromatic heterocycles. The second kappa shape index (κ2) is 6.25. The van der Waals surface area contributed by atoms with Crippen LogP contribution in [0.25, 0.3) is 0 Å². The molecule has 2 rings (SSSR count). The highest BCUT2D eigenvalue weighted by atomic mass is 16.3. The first-order chi connectivity index (χ1) is 9.08. The molecule has 1 saturated heterocycles. The minimum atomic E-state index is -0.690. The summed E-state index contributed by atoms with van der Waals surface area (Å²) in [6.07, 6.45) is 7.69. The molecule has 0 bridgehead atoms. The van der Waals surface area contributed by atoms with Crippen molar-refractivity contribution in [3.8, 4) is 0 Å². The predicted molar refractivity (Wildman–Crippen MR) is 76.8 cm³/mol. The molecule has 2 aliphatic rings. The zero-order valence-electron chi connectivity index (χ0n) is 12.5. The molecule has 3 nitrogen and oxygen atoms in total. The van der Waals surface area contributed by atoms with Gasteiger partial charge in [0.1, 0.15) is 0 Å². The first-order valence-electron chi connectivity index (χ1n) is 8.08. The van der Waals surface area contributed by atoms with Crippen LogP contribution in [0.2, 0.25) is 0 Å².